The van der Waals surface area contributed by atoms with E-state index in [1.54, 1.807) is 30.5 Å². The number of hydrogen-bond acceptors (Lipinski definition) is 5. The first-order valence-electron chi connectivity index (χ1n) is 9.09. The van der Waals surface area contributed by atoms with E-state index in [0.717, 1.165) is 29.9 Å². The molecule has 2 aromatic carbocycles. The molecular formula is C22H23NO4. The van der Waals surface area contributed by atoms with Crippen LogP contribution in [0.15, 0.2) is 59.1 Å². The Bertz CT molecular complexity index is 866. The summed E-state index contributed by atoms with van der Waals surface area (Å²) < 4.78 is 16.3. The van der Waals surface area contributed by atoms with E-state index in [-0.39, 0.29) is 5.97 Å². The van der Waals surface area contributed by atoms with Gasteiger partial charge in [-0.05, 0) is 55.0 Å². The molecule has 140 valence electrons. The van der Waals surface area contributed by atoms with E-state index in [2.05, 4.69) is 11.9 Å². The normalized spacial score (nSPS) is 10.6. The fourth-order valence-corrected chi connectivity index (χ4v) is 2.67. The highest BCUT2D eigenvalue weighted by atomic mass is 16.5. The van der Waals surface area contributed by atoms with Gasteiger partial charge < -0.3 is 13.9 Å². The van der Waals surface area contributed by atoms with Crippen molar-refractivity contribution < 1.29 is 18.7 Å². The summed E-state index contributed by atoms with van der Waals surface area (Å²) >= 11 is 0. The van der Waals surface area contributed by atoms with Gasteiger partial charge in [0.05, 0.1) is 25.5 Å². The summed E-state index contributed by atoms with van der Waals surface area (Å²) in [6.07, 6.45) is 5.13. The molecule has 0 aliphatic rings. The summed E-state index contributed by atoms with van der Waals surface area (Å²) in [5.74, 6) is 1.67. The lowest BCUT2D eigenvalue weighted by molar-refractivity contribution is 0.0600. The number of benzene rings is 2. The molecule has 3 rings (SSSR count). The Balaban J connectivity index is 1.67. The highest BCUT2D eigenvalue weighted by Crippen LogP contribution is 2.27. The molecule has 0 fully saturated rings. The molecule has 0 unspecified atom stereocenters. The Morgan fingerprint density at radius 2 is 1.70 bits per heavy atom. The van der Waals surface area contributed by atoms with E-state index in [1.807, 2.05) is 24.3 Å². The third kappa shape index (κ3) is 4.76. The van der Waals surface area contributed by atoms with E-state index >= 15 is 0 Å². The summed E-state index contributed by atoms with van der Waals surface area (Å²) in [5.41, 5.74) is 2.22. The van der Waals surface area contributed by atoms with E-state index in [0.29, 0.717) is 17.2 Å². The van der Waals surface area contributed by atoms with Crippen LogP contribution in [0.5, 0.6) is 5.75 Å². The zero-order valence-corrected chi connectivity index (χ0v) is 15.6. The molecule has 0 bridgehead atoms. The molecule has 1 heterocycles. The summed E-state index contributed by atoms with van der Waals surface area (Å²) in [5, 5.41) is 0. The molecule has 0 spiro atoms. The lowest BCUT2D eigenvalue weighted by atomic mass is 10.1. The lowest BCUT2D eigenvalue weighted by Gasteiger charge is -2.06. The molecule has 0 amide bonds. The minimum absolute atomic E-state index is 0.369. The Morgan fingerprint density at radius 1 is 1.00 bits per heavy atom. The van der Waals surface area contributed by atoms with Crippen LogP contribution in [0.25, 0.3) is 22.8 Å². The standard InChI is InChI=1S/C22H23NO4/c1-3-4-5-14-26-19-12-10-16(11-13-19)20-15-23-21(27-20)17-6-8-18(9-7-17)22(24)25-2/h6-13,15H,3-5,14H2,1-2H3. The van der Waals surface area contributed by atoms with Gasteiger partial charge >= 0.3 is 5.97 Å². The Kier molecular flexibility index (Phi) is 6.26. The van der Waals surface area contributed by atoms with Crippen molar-refractivity contribution in [3.8, 4) is 28.5 Å². The molecule has 5 nitrogen and oxygen atoms in total. The molecule has 27 heavy (non-hydrogen) atoms. The van der Waals surface area contributed by atoms with Gasteiger partial charge in [-0.15, -0.1) is 0 Å². The number of carbonyl (C=O) groups excluding carboxylic acids is 1. The van der Waals surface area contributed by atoms with Crippen LogP contribution in [0.4, 0.5) is 0 Å². The number of esters is 1. The van der Waals surface area contributed by atoms with Gasteiger partial charge in [-0.3, -0.25) is 0 Å². The summed E-state index contributed by atoms with van der Waals surface area (Å²) in [6, 6.07) is 14.7. The second kappa shape index (κ2) is 9.03. The van der Waals surface area contributed by atoms with Crippen molar-refractivity contribution in [2.75, 3.05) is 13.7 Å². The maximum absolute atomic E-state index is 11.5. The predicted molar refractivity (Wildman–Crippen MR) is 104 cm³/mol. The molecule has 0 saturated heterocycles. The number of ether oxygens (including phenoxy) is 2. The number of nitrogens with zero attached hydrogens (tertiary/aromatic N) is 1. The van der Waals surface area contributed by atoms with Crippen molar-refractivity contribution in [3.63, 3.8) is 0 Å². The first kappa shape index (κ1) is 18.7. The van der Waals surface area contributed by atoms with E-state index in [4.69, 9.17) is 13.9 Å². The number of carbonyl (C=O) groups is 1. The van der Waals surface area contributed by atoms with Crippen LogP contribution in [0, 0.1) is 0 Å². The molecule has 0 saturated carbocycles. The molecule has 0 N–H and O–H groups in total. The highest BCUT2D eigenvalue weighted by Gasteiger charge is 2.10. The first-order chi connectivity index (χ1) is 13.2. The fourth-order valence-electron chi connectivity index (χ4n) is 2.67. The van der Waals surface area contributed by atoms with Gasteiger partial charge in [-0.25, -0.2) is 9.78 Å². The van der Waals surface area contributed by atoms with Crippen LogP contribution in [0.2, 0.25) is 0 Å². The van der Waals surface area contributed by atoms with Gasteiger partial charge in [0.1, 0.15) is 5.75 Å². The second-order valence-corrected chi connectivity index (χ2v) is 6.18. The zero-order chi connectivity index (χ0) is 19.1. The molecular weight excluding hydrogens is 342 g/mol. The fraction of sp³-hybridized carbons (Fsp3) is 0.273. The number of aromatic nitrogens is 1. The third-order valence-electron chi connectivity index (χ3n) is 4.21. The molecule has 1 aromatic heterocycles. The second-order valence-electron chi connectivity index (χ2n) is 6.18. The topological polar surface area (TPSA) is 61.6 Å². The molecule has 0 aliphatic carbocycles. The molecule has 0 aliphatic heterocycles. The smallest absolute Gasteiger partial charge is 0.337 e. The van der Waals surface area contributed by atoms with E-state index in [1.165, 1.54) is 20.0 Å². The first-order valence-corrected chi connectivity index (χ1v) is 9.09. The summed E-state index contributed by atoms with van der Waals surface area (Å²) in [7, 11) is 1.36. The van der Waals surface area contributed by atoms with Crippen LogP contribution in [-0.2, 0) is 4.74 Å². The van der Waals surface area contributed by atoms with Crippen LogP contribution in [-0.4, -0.2) is 24.7 Å². The van der Waals surface area contributed by atoms with Gasteiger partial charge in [-0.1, -0.05) is 19.8 Å². The van der Waals surface area contributed by atoms with Crippen LogP contribution in [0.3, 0.4) is 0 Å². The molecule has 3 aromatic rings. The van der Waals surface area contributed by atoms with Crippen molar-refractivity contribution in [1.82, 2.24) is 4.98 Å². The van der Waals surface area contributed by atoms with Crippen molar-refractivity contribution >= 4 is 5.97 Å². The van der Waals surface area contributed by atoms with Gasteiger partial charge in [-0.2, -0.15) is 0 Å². The largest absolute Gasteiger partial charge is 0.494 e. The number of oxazole rings is 1. The Morgan fingerprint density at radius 3 is 2.37 bits per heavy atom. The predicted octanol–water partition coefficient (Wildman–Crippen LogP) is 5.36. The monoisotopic (exact) mass is 365 g/mol. The van der Waals surface area contributed by atoms with Crippen molar-refractivity contribution in [2.24, 2.45) is 0 Å². The lowest BCUT2D eigenvalue weighted by Crippen LogP contribution is -2.00. The number of hydrogen-bond donors (Lipinski definition) is 0. The minimum Gasteiger partial charge on any atom is -0.494 e. The van der Waals surface area contributed by atoms with E-state index in [9.17, 15) is 4.79 Å². The summed E-state index contributed by atoms with van der Waals surface area (Å²) in [4.78, 5) is 15.8. The van der Waals surface area contributed by atoms with Gasteiger partial charge in [0.2, 0.25) is 5.89 Å². The van der Waals surface area contributed by atoms with Gasteiger partial charge in [0.25, 0.3) is 0 Å². The molecule has 5 heteroatoms. The van der Waals surface area contributed by atoms with Crippen LogP contribution in [0.1, 0.15) is 36.5 Å². The van der Waals surface area contributed by atoms with Crippen molar-refractivity contribution in [1.29, 1.82) is 0 Å². The Hall–Kier alpha value is -3.08. The Labute approximate surface area is 159 Å². The molecule has 0 atom stereocenters. The SMILES string of the molecule is CCCCCOc1ccc(-c2cnc(-c3ccc(C(=O)OC)cc3)o2)cc1. The van der Waals surface area contributed by atoms with Crippen molar-refractivity contribution in [3.05, 3.63) is 60.3 Å². The van der Waals surface area contributed by atoms with Crippen molar-refractivity contribution in [2.45, 2.75) is 26.2 Å². The number of rotatable bonds is 8. The van der Waals surface area contributed by atoms with Gasteiger partial charge in [0.15, 0.2) is 5.76 Å². The minimum atomic E-state index is -0.369. The van der Waals surface area contributed by atoms with E-state index < -0.39 is 0 Å². The maximum atomic E-state index is 11.5. The van der Waals surface area contributed by atoms with Crippen LogP contribution < -0.4 is 4.74 Å². The van der Waals surface area contributed by atoms with Gasteiger partial charge in [0, 0.05) is 11.1 Å². The zero-order valence-electron chi connectivity index (χ0n) is 15.6. The number of unbranched alkanes of at least 4 members (excludes halogenated alkanes) is 2. The average molecular weight is 365 g/mol. The highest BCUT2D eigenvalue weighted by molar-refractivity contribution is 5.89. The summed E-state index contributed by atoms with van der Waals surface area (Å²) in [6.45, 7) is 2.91. The third-order valence-corrected chi connectivity index (χ3v) is 4.21. The number of methoxy groups -OCH3 is 1. The average Bonchev–Trinajstić information content (AvgIpc) is 3.21. The molecule has 0 radical (unpaired) electrons. The maximum Gasteiger partial charge on any atom is 0.337 e. The van der Waals surface area contributed by atoms with Crippen LogP contribution >= 0.6 is 0 Å². The quantitative estimate of drug-likeness (QED) is 0.397.